The van der Waals surface area contributed by atoms with Crippen molar-refractivity contribution in [3.05, 3.63) is 23.5 Å². The molecule has 1 aliphatic carbocycles. The largest absolute Gasteiger partial charge is 0.465 e. The number of ether oxygens (including phenoxy) is 1. The number of fused-ring (bicyclic) bond motifs is 1. The van der Waals surface area contributed by atoms with Crippen molar-refractivity contribution in [2.24, 2.45) is 0 Å². The number of amides is 2. The maximum absolute atomic E-state index is 13.4. The average molecular weight is 461 g/mol. The van der Waals surface area contributed by atoms with E-state index in [0.29, 0.717) is 32.7 Å². The molecule has 0 unspecified atom stereocenters. The van der Waals surface area contributed by atoms with Gasteiger partial charge in [0.25, 0.3) is 5.91 Å². The summed E-state index contributed by atoms with van der Waals surface area (Å²) in [6.07, 6.45) is 0.836. The Morgan fingerprint density at radius 1 is 1.39 bits per heavy atom. The number of aromatic nitrogens is 3. The molecule has 1 saturated heterocycles. The van der Waals surface area contributed by atoms with Crippen LogP contribution in [-0.4, -0.2) is 86.4 Å². The SMILES string of the molecule is Cc1ccc2c([C@@H](C)N(C(=O)[C@H]3CN[C@@H](CO)CO3)C3CC3)nn(CCCNC(=O)O)c2n1. The Labute approximate surface area is 192 Å². The first-order valence-corrected chi connectivity index (χ1v) is 11.5. The molecule has 11 nitrogen and oxygen atoms in total. The number of hydrogen-bond donors (Lipinski definition) is 4. The summed E-state index contributed by atoms with van der Waals surface area (Å²) in [5.74, 6) is -0.0673. The lowest BCUT2D eigenvalue weighted by atomic mass is 10.1. The predicted molar refractivity (Wildman–Crippen MR) is 120 cm³/mol. The van der Waals surface area contributed by atoms with E-state index >= 15 is 0 Å². The van der Waals surface area contributed by atoms with Gasteiger partial charge in [0.05, 0.1) is 31.0 Å². The van der Waals surface area contributed by atoms with Crippen LogP contribution in [0.3, 0.4) is 0 Å². The van der Waals surface area contributed by atoms with Gasteiger partial charge < -0.3 is 30.5 Å². The smallest absolute Gasteiger partial charge is 0.404 e. The molecule has 1 aliphatic heterocycles. The molecule has 11 heteroatoms. The molecule has 3 atom stereocenters. The number of morpholine rings is 1. The van der Waals surface area contributed by atoms with Crippen LogP contribution in [0, 0.1) is 6.92 Å². The Balaban J connectivity index is 1.57. The minimum Gasteiger partial charge on any atom is -0.465 e. The van der Waals surface area contributed by atoms with E-state index in [1.54, 1.807) is 4.68 Å². The molecule has 0 radical (unpaired) electrons. The number of pyridine rings is 1. The molecule has 2 amide bonds. The molecule has 180 valence electrons. The van der Waals surface area contributed by atoms with E-state index < -0.39 is 12.2 Å². The summed E-state index contributed by atoms with van der Waals surface area (Å²) in [6.45, 7) is 5.37. The van der Waals surface area contributed by atoms with Gasteiger partial charge in [-0.05, 0) is 45.2 Å². The summed E-state index contributed by atoms with van der Waals surface area (Å²) >= 11 is 0. The Kier molecular flexibility index (Phi) is 7.11. The van der Waals surface area contributed by atoms with Crippen molar-refractivity contribution in [3.8, 4) is 0 Å². The zero-order valence-corrected chi connectivity index (χ0v) is 19.0. The van der Waals surface area contributed by atoms with Gasteiger partial charge >= 0.3 is 6.09 Å². The number of aliphatic hydroxyl groups is 1. The number of aliphatic hydroxyl groups excluding tert-OH is 1. The van der Waals surface area contributed by atoms with E-state index in [-0.39, 0.29) is 30.6 Å². The summed E-state index contributed by atoms with van der Waals surface area (Å²) in [4.78, 5) is 30.7. The van der Waals surface area contributed by atoms with Gasteiger partial charge in [-0.3, -0.25) is 4.79 Å². The van der Waals surface area contributed by atoms with Crippen molar-refractivity contribution in [2.75, 3.05) is 26.3 Å². The molecule has 4 N–H and O–H groups in total. The molecular weight excluding hydrogens is 428 g/mol. The van der Waals surface area contributed by atoms with Crippen molar-refractivity contribution >= 4 is 23.0 Å². The minimum absolute atomic E-state index is 0.0263. The van der Waals surface area contributed by atoms with E-state index in [1.165, 1.54) is 0 Å². The molecule has 33 heavy (non-hydrogen) atoms. The van der Waals surface area contributed by atoms with Gasteiger partial charge in [-0.2, -0.15) is 5.10 Å². The maximum Gasteiger partial charge on any atom is 0.404 e. The Morgan fingerprint density at radius 3 is 2.82 bits per heavy atom. The van der Waals surface area contributed by atoms with Crippen LogP contribution in [-0.2, 0) is 16.1 Å². The summed E-state index contributed by atoms with van der Waals surface area (Å²) in [7, 11) is 0. The van der Waals surface area contributed by atoms with Crippen LogP contribution in [0.4, 0.5) is 4.79 Å². The topological polar surface area (TPSA) is 142 Å². The maximum atomic E-state index is 13.4. The van der Waals surface area contributed by atoms with Crippen LogP contribution >= 0.6 is 0 Å². The lowest BCUT2D eigenvalue weighted by Crippen LogP contribution is -2.55. The van der Waals surface area contributed by atoms with Crippen LogP contribution in [0.5, 0.6) is 0 Å². The molecule has 0 aromatic carbocycles. The van der Waals surface area contributed by atoms with Gasteiger partial charge in [0.1, 0.15) is 6.10 Å². The molecule has 3 heterocycles. The molecule has 2 aromatic heterocycles. The fourth-order valence-electron chi connectivity index (χ4n) is 4.30. The normalized spacial score (nSPS) is 21.7. The molecule has 4 rings (SSSR count). The first-order chi connectivity index (χ1) is 15.9. The highest BCUT2D eigenvalue weighted by atomic mass is 16.5. The van der Waals surface area contributed by atoms with Crippen molar-refractivity contribution < 1.29 is 24.5 Å². The third-order valence-electron chi connectivity index (χ3n) is 6.18. The third kappa shape index (κ3) is 5.26. The van der Waals surface area contributed by atoms with Gasteiger partial charge in [0.15, 0.2) is 5.65 Å². The van der Waals surface area contributed by atoms with Crippen LogP contribution in [0.25, 0.3) is 11.0 Å². The van der Waals surface area contributed by atoms with Crippen molar-refractivity contribution in [1.82, 2.24) is 30.3 Å². The zero-order chi connectivity index (χ0) is 23.5. The standard InChI is InChI=1S/C22H32N6O5/c1-13-4-7-17-19(26-27(20(17)25-13)9-3-8-23-22(31)32)14(2)28(16-5-6-16)21(30)18-10-24-15(11-29)12-33-18/h4,7,14-16,18,23-24,29H,3,5-6,8-12H2,1-2H3,(H,31,32)/t14-,15+,18-/m1/s1. The highest BCUT2D eigenvalue weighted by Gasteiger charge is 2.41. The van der Waals surface area contributed by atoms with Crippen LogP contribution < -0.4 is 10.6 Å². The lowest BCUT2D eigenvalue weighted by Gasteiger charge is -2.35. The number of carbonyl (C=O) groups is 2. The van der Waals surface area contributed by atoms with Gasteiger partial charge in [0.2, 0.25) is 0 Å². The van der Waals surface area contributed by atoms with Gasteiger partial charge in [-0.25, -0.2) is 14.5 Å². The highest BCUT2D eigenvalue weighted by Crippen LogP contribution is 2.37. The summed E-state index contributed by atoms with van der Waals surface area (Å²) in [6, 6.07) is 3.66. The molecule has 2 fully saturated rings. The van der Waals surface area contributed by atoms with E-state index in [0.717, 1.165) is 35.3 Å². The average Bonchev–Trinajstić information content (AvgIpc) is 3.57. The molecule has 2 aromatic rings. The second-order valence-electron chi connectivity index (χ2n) is 8.78. The van der Waals surface area contributed by atoms with E-state index in [1.807, 2.05) is 30.9 Å². The van der Waals surface area contributed by atoms with Crippen LogP contribution in [0.15, 0.2) is 12.1 Å². The summed E-state index contributed by atoms with van der Waals surface area (Å²) in [5.41, 5.74) is 2.37. The van der Waals surface area contributed by atoms with Crippen LogP contribution in [0.1, 0.15) is 43.6 Å². The number of aryl methyl sites for hydroxylation is 2. The molecule has 0 bridgehead atoms. The van der Waals surface area contributed by atoms with Gasteiger partial charge in [-0.15, -0.1) is 0 Å². The van der Waals surface area contributed by atoms with Gasteiger partial charge in [0, 0.05) is 36.8 Å². The van der Waals surface area contributed by atoms with E-state index in [9.17, 15) is 14.7 Å². The monoisotopic (exact) mass is 460 g/mol. The highest BCUT2D eigenvalue weighted by molar-refractivity contribution is 5.84. The van der Waals surface area contributed by atoms with Crippen molar-refractivity contribution in [1.29, 1.82) is 0 Å². The second kappa shape index (κ2) is 10.0. The van der Waals surface area contributed by atoms with Gasteiger partial charge in [-0.1, -0.05) is 0 Å². The number of hydrogen-bond acceptors (Lipinski definition) is 7. The summed E-state index contributed by atoms with van der Waals surface area (Å²) < 4.78 is 7.58. The molecular formula is C22H32N6O5. The predicted octanol–water partition coefficient (Wildman–Crippen LogP) is 0.799. The van der Waals surface area contributed by atoms with Crippen molar-refractivity contribution in [2.45, 2.75) is 63.9 Å². The fourth-order valence-corrected chi connectivity index (χ4v) is 4.30. The Bertz CT molecular complexity index is 999. The van der Waals surface area contributed by atoms with Crippen LogP contribution in [0.2, 0.25) is 0 Å². The summed E-state index contributed by atoms with van der Waals surface area (Å²) in [5, 5.41) is 29.3. The molecule has 1 saturated carbocycles. The second-order valence-corrected chi connectivity index (χ2v) is 8.78. The molecule has 0 spiro atoms. The Hall–Kier alpha value is -2.76. The Morgan fingerprint density at radius 2 is 2.18 bits per heavy atom. The lowest BCUT2D eigenvalue weighted by molar-refractivity contribution is -0.150. The number of carboxylic acid groups (broad SMARTS) is 1. The number of nitrogens with one attached hydrogen (secondary N) is 2. The molecule has 2 aliphatic rings. The van der Waals surface area contributed by atoms with E-state index in [4.69, 9.17) is 14.9 Å². The zero-order valence-electron chi connectivity index (χ0n) is 19.0. The number of nitrogens with zero attached hydrogens (tertiary/aromatic N) is 4. The fraction of sp³-hybridized carbons (Fsp3) is 0.636. The number of rotatable bonds is 9. The third-order valence-corrected chi connectivity index (χ3v) is 6.18. The quantitative estimate of drug-likeness (QED) is 0.403. The minimum atomic E-state index is -1.05. The first-order valence-electron chi connectivity index (χ1n) is 11.5. The van der Waals surface area contributed by atoms with E-state index in [2.05, 4.69) is 15.6 Å². The van der Waals surface area contributed by atoms with Crippen molar-refractivity contribution in [3.63, 3.8) is 0 Å². The number of carbonyl (C=O) groups excluding carboxylic acids is 1. The first kappa shape index (κ1) is 23.4.